The highest BCUT2D eigenvalue weighted by Crippen LogP contribution is 2.12. The molecule has 10 heavy (non-hydrogen) atoms. The van der Waals surface area contributed by atoms with E-state index in [-0.39, 0.29) is 0 Å². The van der Waals surface area contributed by atoms with Crippen molar-refractivity contribution in [3.05, 3.63) is 0 Å². The summed E-state index contributed by atoms with van der Waals surface area (Å²) in [7, 11) is 0. The van der Waals surface area contributed by atoms with Crippen LogP contribution in [0.15, 0.2) is 0 Å². The fourth-order valence-corrected chi connectivity index (χ4v) is 1.59. The molecule has 1 heterocycles. The maximum atomic E-state index is 5.92. The molecule has 2 N–H and O–H groups in total. The largest absolute Gasteiger partial charge is 0.316 e. The van der Waals surface area contributed by atoms with Crippen molar-refractivity contribution in [3.8, 4) is 0 Å². The van der Waals surface area contributed by atoms with E-state index in [0.29, 0.717) is 6.17 Å². The first-order chi connectivity index (χ1) is 4.84. The normalized spacial score (nSPS) is 30.0. The second-order valence-corrected chi connectivity index (χ2v) is 3.05. The molecule has 1 aliphatic rings. The van der Waals surface area contributed by atoms with Crippen molar-refractivity contribution in [2.45, 2.75) is 38.8 Å². The van der Waals surface area contributed by atoms with Crippen LogP contribution in [-0.2, 0) is 0 Å². The van der Waals surface area contributed by atoms with Gasteiger partial charge in [0.25, 0.3) is 0 Å². The van der Waals surface area contributed by atoms with Crippen LogP contribution in [0.3, 0.4) is 0 Å². The molecule has 60 valence electrons. The van der Waals surface area contributed by atoms with Crippen LogP contribution in [0.5, 0.6) is 0 Å². The van der Waals surface area contributed by atoms with Crippen LogP contribution in [0, 0.1) is 0 Å². The lowest BCUT2D eigenvalue weighted by Gasteiger charge is -2.24. The van der Waals surface area contributed by atoms with Crippen LogP contribution in [0.4, 0.5) is 0 Å². The Morgan fingerprint density at radius 2 is 2.20 bits per heavy atom. The number of hydrogen-bond donors (Lipinski definition) is 1. The summed E-state index contributed by atoms with van der Waals surface area (Å²) in [6.07, 6.45) is 5.55. The van der Waals surface area contributed by atoms with Crippen molar-refractivity contribution in [1.29, 1.82) is 0 Å². The van der Waals surface area contributed by atoms with Gasteiger partial charge >= 0.3 is 0 Å². The Kier molecular flexibility index (Phi) is 3.16. The maximum Gasteiger partial charge on any atom is 0.0571 e. The zero-order valence-electron chi connectivity index (χ0n) is 6.84. The molecule has 0 aromatic heterocycles. The third-order valence-corrected chi connectivity index (χ3v) is 2.32. The van der Waals surface area contributed by atoms with Crippen LogP contribution in [-0.4, -0.2) is 24.2 Å². The standard InChI is InChI=1S/C8H18N2/c1-2-10-7-5-3-4-6-8(10)9/h8H,2-7,9H2,1H3. The van der Waals surface area contributed by atoms with E-state index in [1.807, 2.05) is 0 Å². The first-order valence-electron chi connectivity index (χ1n) is 4.34. The van der Waals surface area contributed by atoms with E-state index in [4.69, 9.17) is 5.73 Å². The number of nitrogens with zero attached hydrogens (tertiary/aromatic N) is 1. The summed E-state index contributed by atoms with van der Waals surface area (Å²) in [6.45, 7) is 4.50. The highest BCUT2D eigenvalue weighted by Gasteiger charge is 2.14. The van der Waals surface area contributed by atoms with Gasteiger partial charge in [-0.15, -0.1) is 0 Å². The topological polar surface area (TPSA) is 29.3 Å². The molecule has 0 saturated carbocycles. The quantitative estimate of drug-likeness (QED) is 0.595. The van der Waals surface area contributed by atoms with Crippen molar-refractivity contribution in [2.75, 3.05) is 13.1 Å². The molecule has 1 rings (SSSR count). The summed E-state index contributed by atoms with van der Waals surface area (Å²) < 4.78 is 0. The van der Waals surface area contributed by atoms with Crippen molar-refractivity contribution in [2.24, 2.45) is 5.73 Å². The average Bonchev–Trinajstić information content (AvgIpc) is 2.13. The lowest BCUT2D eigenvalue weighted by Crippen LogP contribution is -2.41. The van der Waals surface area contributed by atoms with Gasteiger partial charge in [0.1, 0.15) is 0 Å². The lowest BCUT2D eigenvalue weighted by molar-refractivity contribution is 0.215. The minimum absolute atomic E-state index is 0.340. The smallest absolute Gasteiger partial charge is 0.0571 e. The van der Waals surface area contributed by atoms with E-state index < -0.39 is 0 Å². The van der Waals surface area contributed by atoms with Gasteiger partial charge in [0.15, 0.2) is 0 Å². The van der Waals surface area contributed by atoms with Crippen molar-refractivity contribution < 1.29 is 0 Å². The second-order valence-electron chi connectivity index (χ2n) is 3.05. The molecule has 1 fully saturated rings. The van der Waals surface area contributed by atoms with Gasteiger partial charge in [-0.2, -0.15) is 0 Å². The summed E-state index contributed by atoms with van der Waals surface area (Å²) >= 11 is 0. The molecule has 1 atom stereocenters. The SMILES string of the molecule is CCN1CCCCCC1N. The zero-order valence-corrected chi connectivity index (χ0v) is 6.84. The Bertz CT molecular complexity index is 93.3. The van der Waals surface area contributed by atoms with E-state index >= 15 is 0 Å². The van der Waals surface area contributed by atoms with E-state index in [2.05, 4.69) is 11.8 Å². The number of nitrogens with two attached hydrogens (primary N) is 1. The molecular formula is C8H18N2. The zero-order chi connectivity index (χ0) is 7.40. The van der Waals surface area contributed by atoms with E-state index in [0.717, 1.165) is 6.54 Å². The molecule has 2 nitrogen and oxygen atoms in total. The van der Waals surface area contributed by atoms with Gasteiger partial charge < -0.3 is 5.73 Å². The molecule has 1 unspecified atom stereocenters. The van der Waals surface area contributed by atoms with Gasteiger partial charge in [-0.05, 0) is 25.9 Å². The number of hydrogen-bond acceptors (Lipinski definition) is 2. The summed E-state index contributed by atoms with van der Waals surface area (Å²) in [6, 6.07) is 0. The highest BCUT2D eigenvalue weighted by molar-refractivity contribution is 4.68. The highest BCUT2D eigenvalue weighted by atomic mass is 15.2. The Hall–Kier alpha value is -0.0800. The van der Waals surface area contributed by atoms with Gasteiger partial charge in [0.2, 0.25) is 0 Å². The minimum atomic E-state index is 0.340. The molecule has 2 heteroatoms. The fraction of sp³-hybridized carbons (Fsp3) is 1.00. The molecule has 0 amide bonds. The first-order valence-corrected chi connectivity index (χ1v) is 4.34. The van der Waals surface area contributed by atoms with E-state index in [1.165, 1.54) is 32.2 Å². The molecule has 0 aromatic carbocycles. The van der Waals surface area contributed by atoms with Gasteiger partial charge in [-0.3, -0.25) is 4.90 Å². The Balaban J connectivity index is 2.35. The molecular weight excluding hydrogens is 124 g/mol. The van der Waals surface area contributed by atoms with Crippen LogP contribution in [0.25, 0.3) is 0 Å². The third-order valence-electron chi connectivity index (χ3n) is 2.32. The monoisotopic (exact) mass is 142 g/mol. The van der Waals surface area contributed by atoms with Gasteiger partial charge in [-0.1, -0.05) is 19.8 Å². The van der Waals surface area contributed by atoms with Crippen LogP contribution in [0.1, 0.15) is 32.6 Å². The maximum absolute atomic E-state index is 5.92. The van der Waals surface area contributed by atoms with E-state index in [1.54, 1.807) is 0 Å². The Morgan fingerprint density at radius 3 is 2.90 bits per heavy atom. The van der Waals surface area contributed by atoms with Crippen LogP contribution < -0.4 is 5.73 Å². The van der Waals surface area contributed by atoms with Crippen molar-refractivity contribution in [1.82, 2.24) is 4.90 Å². The number of rotatable bonds is 1. The number of likely N-dealkylation sites (tertiary alicyclic amines) is 1. The van der Waals surface area contributed by atoms with Crippen LogP contribution >= 0.6 is 0 Å². The first kappa shape index (κ1) is 8.02. The Morgan fingerprint density at radius 1 is 1.40 bits per heavy atom. The molecule has 0 bridgehead atoms. The molecule has 1 aliphatic heterocycles. The van der Waals surface area contributed by atoms with Gasteiger partial charge in [-0.25, -0.2) is 0 Å². The fourth-order valence-electron chi connectivity index (χ4n) is 1.59. The molecule has 0 aliphatic carbocycles. The molecule has 1 saturated heterocycles. The average molecular weight is 142 g/mol. The molecule has 0 aromatic rings. The van der Waals surface area contributed by atoms with Crippen molar-refractivity contribution >= 4 is 0 Å². The molecule has 0 spiro atoms. The van der Waals surface area contributed by atoms with Gasteiger partial charge in [0, 0.05) is 0 Å². The second kappa shape index (κ2) is 3.94. The third kappa shape index (κ3) is 1.96. The summed E-state index contributed by atoms with van der Waals surface area (Å²) in [5, 5.41) is 0. The summed E-state index contributed by atoms with van der Waals surface area (Å²) in [5.74, 6) is 0. The van der Waals surface area contributed by atoms with E-state index in [9.17, 15) is 0 Å². The summed E-state index contributed by atoms with van der Waals surface area (Å²) in [5.41, 5.74) is 5.92. The predicted octanol–water partition coefficient (Wildman–Crippen LogP) is 1.17. The van der Waals surface area contributed by atoms with Crippen molar-refractivity contribution in [3.63, 3.8) is 0 Å². The van der Waals surface area contributed by atoms with Gasteiger partial charge in [0.05, 0.1) is 6.17 Å². The lowest BCUT2D eigenvalue weighted by atomic mass is 10.2. The predicted molar refractivity (Wildman–Crippen MR) is 43.7 cm³/mol. The molecule has 0 radical (unpaired) electrons. The summed E-state index contributed by atoms with van der Waals surface area (Å²) in [4.78, 5) is 2.37. The minimum Gasteiger partial charge on any atom is -0.316 e. The van der Waals surface area contributed by atoms with Crippen LogP contribution in [0.2, 0.25) is 0 Å². The Labute approximate surface area is 63.4 Å².